The zero-order chi connectivity index (χ0) is 21.0. The fourth-order valence-corrected chi connectivity index (χ4v) is 3.15. The van der Waals surface area contributed by atoms with Gasteiger partial charge in [0, 0.05) is 33.6 Å². The Labute approximate surface area is 167 Å². The topological polar surface area (TPSA) is 145 Å². The van der Waals surface area contributed by atoms with Crippen LogP contribution in [0, 0.1) is 13.8 Å². The molecule has 0 aliphatic heterocycles. The van der Waals surface area contributed by atoms with Gasteiger partial charge in [0.2, 0.25) is 0 Å². The lowest BCUT2D eigenvalue weighted by atomic mass is 10.0. The van der Waals surface area contributed by atoms with E-state index >= 15 is 0 Å². The van der Waals surface area contributed by atoms with E-state index in [1.807, 2.05) is 0 Å². The molecule has 9 heteroatoms. The maximum Gasteiger partial charge on any atom is 0.175 e. The number of aromatic hydroxyl groups is 2. The first-order valence-corrected chi connectivity index (χ1v) is 8.89. The standard InChI is InChI=1S/C19H24N2O6S/c1-9-13(7-24)17(26)11(5-22)3-15(9)20-19(28)21-16-4-12(6-23)18(27)14(8-25)10(16)2/h3-4,22-27H,5-8H2,1-2H3,(H2,20,21,28). The van der Waals surface area contributed by atoms with Gasteiger partial charge in [-0.15, -0.1) is 0 Å². The first-order chi connectivity index (χ1) is 13.3. The second-order valence-corrected chi connectivity index (χ2v) is 6.69. The monoisotopic (exact) mass is 408 g/mol. The van der Waals surface area contributed by atoms with Gasteiger partial charge < -0.3 is 41.3 Å². The fraction of sp³-hybridized carbons (Fsp3) is 0.316. The molecular formula is C19H24N2O6S. The highest BCUT2D eigenvalue weighted by Gasteiger charge is 2.17. The number of aliphatic hydroxyl groups excluding tert-OH is 4. The molecule has 0 unspecified atom stereocenters. The van der Waals surface area contributed by atoms with E-state index in [2.05, 4.69) is 10.6 Å². The van der Waals surface area contributed by atoms with Crippen molar-refractivity contribution in [2.75, 3.05) is 10.6 Å². The molecule has 0 fully saturated rings. The Morgan fingerprint density at radius 2 is 1.11 bits per heavy atom. The molecule has 2 aromatic rings. The lowest BCUT2D eigenvalue weighted by Gasteiger charge is -2.20. The van der Waals surface area contributed by atoms with Crippen LogP contribution in [-0.2, 0) is 26.4 Å². The molecule has 0 aliphatic rings. The Morgan fingerprint density at radius 3 is 1.39 bits per heavy atom. The van der Waals surface area contributed by atoms with E-state index < -0.39 is 26.4 Å². The molecule has 0 radical (unpaired) electrons. The van der Waals surface area contributed by atoms with Crippen LogP contribution < -0.4 is 10.6 Å². The van der Waals surface area contributed by atoms with Crippen molar-refractivity contribution in [3.05, 3.63) is 45.5 Å². The average molecular weight is 408 g/mol. The Hall–Kier alpha value is -2.43. The molecule has 0 aromatic heterocycles. The summed E-state index contributed by atoms with van der Waals surface area (Å²) in [4.78, 5) is 0. The molecule has 152 valence electrons. The van der Waals surface area contributed by atoms with Crippen LogP contribution in [0.5, 0.6) is 11.5 Å². The summed E-state index contributed by atoms with van der Waals surface area (Å²) in [6.45, 7) is 1.75. The number of benzene rings is 2. The van der Waals surface area contributed by atoms with E-state index in [4.69, 9.17) is 12.2 Å². The first-order valence-electron chi connectivity index (χ1n) is 8.49. The summed E-state index contributed by atoms with van der Waals surface area (Å²) in [6.07, 6.45) is 0. The minimum Gasteiger partial charge on any atom is -0.507 e. The van der Waals surface area contributed by atoms with Gasteiger partial charge in [-0.25, -0.2) is 0 Å². The number of hydrogen-bond donors (Lipinski definition) is 8. The molecule has 0 amide bonds. The van der Waals surface area contributed by atoms with Crippen molar-refractivity contribution in [1.29, 1.82) is 0 Å². The highest BCUT2D eigenvalue weighted by Crippen LogP contribution is 2.34. The molecule has 0 aliphatic carbocycles. The lowest BCUT2D eigenvalue weighted by molar-refractivity contribution is 0.262. The quantitative estimate of drug-likeness (QED) is 0.263. The van der Waals surface area contributed by atoms with Gasteiger partial charge in [0.1, 0.15) is 11.5 Å². The van der Waals surface area contributed by atoms with Gasteiger partial charge in [-0.3, -0.25) is 0 Å². The summed E-state index contributed by atoms with van der Waals surface area (Å²) in [5, 5.41) is 64.0. The van der Waals surface area contributed by atoms with E-state index in [1.54, 1.807) is 13.8 Å². The number of rotatable bonds is 6. The van der Waals surface area contributed by atoms with Gasteiger partial charge in [0.05, 0.1) is 26.4 Å². The van der Waals surface area contributed by atoms with Crippen molar-refractivity contribution in [1.82, 2.24) is 0 Å². The van der Waals surface area contributed by atoms with Gasteiger partial charge in [0.15, 0.2) is 5.11 Å². The number of anilines is 2. The molecule has 0 spiro atoms. The second-order valence-electron chi connectivity index (χ2n) is 6.28. The van der Waals surface area contributed by atoms with Crippen LogP contribution in [0.2, 0.25) is 0 Å². The van der Waals surface area contributed by atoms with Crippen LogP contribution in [0.3, 0.4) is 0 Å². The van der Waals surface area contributed by atoms with Gasteiger partial charge in [-0.1, -0.05) is 0 Å². The third-order valence-corrected chi connectivity index (χ3v) is 4.89. The smallest absolute Gasteiger partial charge is 0.175 e. The molecule has 2 rings (SSSR count). The molecule has 8 nitrogen and oxygen atoms in total. The SMILES string of the molecule is Cc1c(NC(=S)Nc2cc(CO)c(O)c(CO)c2C)cc(CO)c(O)c1CO. The van der Waals surface area contributed by atoms with Crippen molar-refractivity contribution in [2.24, 2.45) is 0 Å². The minimum atomic E-state index is -0.412. The van der Waals surface area contributed by atoms with Gasteiger partial charge >= 0.3 is 0 Å². The number of thiocarbonyl (C=S) groups is 1. The van der Waals surface area contributed by atoms with Gasteiger partial charge in [0.25, 0.3) is 0 Å². The summed E-state index contributed by atoms with van der Waals surface area (Å²) in [7, 11) is 0. The second kappa shape index (κ2) is 9.18. The molecular weight excluding hydrogens is 384 g/mol. The van der Waals surface area contributed by atoms with Crippen LogP contribution in [0.15, 0.2) is 12.1 Å². The number of phenols is 2. The van der Waals surface area contributed by atoms with Crippen LogP contribution in [0.4, 0.5) is 11.4 Å². The number of aliphatic hydroxyl groups is 4. The third kappa shape index (κ3) is 4.18. The normalized spacial score (nSPS) is 10.8. The zero-order valence-electron chi connectivity index (χ0n) is 15.6. The van der Waals surface area contributed by atoms with E-state index in [-0.39, 0.29) is 38.9 Å². The summed E-state index contributed by atoms with van der Waals surface area (Å²) in [5.74, 6) is -0.331. The van der Waals surface area contributed by atoms with Crippen molar-refractivity contribution in [2.45, 2.75) is 40.3 Å². The van der Waals surface area contributed by atoms with Crippen molar-refractivity contribution in [3.8, 4) is 11.5 Å². The van der Waals surface area contributed by atoms with Crippen LogP contribution in [-0.4, -0.2) is 35.8 Å². The Morgan fingerprint density at radius 1 is 0.750 bits per heavy atom. The average Bonchev–Trinajstić information content (AvgIpc) is 2.67. The van der Waals surface area contributed by atoms with E-state index in [1.165, 1.54) is 12.1 Å². The van der Waals surface area contributed by atoms with Gasteiger partial charge in [-0.05, 0) is 49.3 Å². The molecule has 0 saturated heterocycles. The maximum atomic E-state index is 10.1. The third-order valence-electron chi connectivity index (χ3n) is 4.68. The largest absolute Gasteiger partial charge is 0.507 e. The van der Waals surface area contributed by atoms with E-state index in [0.29, 0.717) is 22.5 Å². The molecule has 0 bridgehead atoms. The number of nitrogens with one attached hydrogen (secondary N) is 2. The maximum absolute atomic E-state index is 10.1. The predicted octanol–water partition coefficient (Wildman–Crippen LogP) is 1.49. The molecule has 0 saturated carbocycles. The molecule has 0 heterocycles. The van der Waals surface area contributed by atoms with Gasteiger partial charge in [-0.2, -0.15) is 0 Å². The molecule has 28 heavy (non-hydrogen) atoms. The summed E-state index contributed by atoms with van der Waals surface area (Å²) in [6, 6.07) is 3.06. The van der Waals surface area contributed by atoms with Crippen LogP contribution in [0.1, 0.15) is 33.4 Å². The Balaban J connectivity index is 2.36. The van der Waals surface area contributed by atoms with E-state index in [9.17, 15) is 30.6 Å². The summed E-state index contributed by atoms with van der Waals surface area (Å²) < 4.78 is 0. The Kier molecular flexibility index (Phi) is 7.17. The zero-order valence-corrected chi connectivity index (χ0v) is 16.4. The lowest BCUT2D eigenvalue weighted by Crippen LogP contribution is -2.21. The first kappa shape index (κ1) is 21.9. The summed E-state index contributed by atoms with van der Waals surface area (Å²) >= 11 is 5.32. The molecule has 8 N–H and O–H groups in total. The molecule has 0 atom stereocenters. The van der Waals surface area contributed by atoms with Crippen molar-refractivity contribution in [3.63, 3.8) is 0 Å². The van der Waals surface area contributed by atoms with E-state index in [0.717, 1.165) is 0 Å². The Bertz CT molecular complexity index is 829. The highest BCUT2D eigenvalue weighted by atomic mass is 32.1. The highest BCUT2D eigenvalue weighted by molar-refractivity contribution is 7.80. The summed E-state index contributed by atoms with van der Waals surface area (Å²) in [5.41, 5.74) is 3.16. The number of hydrogen-bond acceptors (Lipinski definition) is 7. The predicted molar refractivity (Wildman–Crippen MR) is 109 cm³/mol. The van der Waals surface area contributed by atoms with Crippen LogP contribution >= 0.6 is 12.2 Å². The fourth-order valence-electron chi connectivity index (χ4n) is 2.93. The molecule has 2 aromatic carbocycles. The van der Waals surface area contributed by atoms with Crippen LogP contribution in [0.25, 0.3) is 0 Å². The van der Waals surface area contributed by atoms with Crippen molar-refractivity contribution < 1.29 is 30.6 Å². The minimum absolute atomic E-state index is 0.165. The van der Waals surface area contributed by atoms with Crippen molar-refractivity contribution >= 4 is 28.7 Å².